The predicted octanol–water partition coefficient (Wildman–Crippen LogP) is 4.20. The Bertz CT molecular complexity index is 1460. The number of benzene rings is 2. The van der Waals surface area contributed by atoms with E-state index in [0.29, 0.717) is 5.69 Å². The van der Waals surface area contributed by atoms with Crippen molar-refractivity contribution < 1.29 is 42.9 Å². The van der Waals surface area contributed by atoms with Crippen LogP contribution in [0.3, 0.4) is 0 Å². The molecule has 1 aromatic heterocycles. The summed E-state index contributed by atoms with van der Waals surface area (Å²) < 4.78 is 28.9. The third-order valence-corrected chi connectivity index (χ3v) is 6.74. The van der Waals surface area contributed by atoms with Crippen molar-refractivity contribution in [2.75, 3.05) is 6.61 Å². The molecule has 228 valence electrons. The molecule has 0 N–H and O–H groups in total. The highest BCUT2D eigenvalue weighted by atomic mass is 16.7. The SMILES string of the molecule is CC(=O)O[C@@H]1[C@@H](OC(C)=O)[C@H](OC(=O)c2cc(-c3ccccc3)nn2Cc2ccc(C(C)(C)C)cc2)OC[C@H]1OC(C)=O. The number of rotatable bonds is 8. The van der Waals surface area contributed by atoms with Gasteiger partial charge >= 0.3 is 23.9 Å². The molecule has 0 unspecified atom stereocenters. The van der Waals surface area contributed by atoms with E-state index < -0.39 is 48.5 Å². The normalized spacial score (nSPS) is 20.1. The summed E-state index contributed by atoms with van der Waals surface area (Å²) in [7, 11) is 0. The van der Waals surface area contributed by atoms with Crippen molar-refractivity contribution >= 4 is 23.9 Å². The molecule has 0 aliphatic carbocycles. The summed E-state index contributed by atoms with van der Waals surface area (Å²) in [5.74, 6) is -2.92. The molecule has 43 heavy (non-hydrogen) atoms. The van der Waals surface area contributed by atoms with Gasteiger partial charge in [0.25, 0.3) is 0 Å². The lowest BCUT2D eigenvalue weighted by Crippen LogP contribution is -2.58. The van der Waals surface area contributed by atoms with Crippen LogP contribution >= 0.6 is 0 Å². The van der Waals surface area contributed by atoms with Crippen LogP contribution < -0.4 is 0 Å². The first-order valence-electron chi connectivity index (χ1n) is 13.9. The molecule has 0 saturated carbocycles. The minimum atomic E-state index is -1.47. The van der Waals surface area contributed by atoms with Crippen LogP contribution in [0.25, 0.3) is 11.3 Å². The van der Waals surface area contributed by atoms with Crippen LogP contribution in [0.5, 0.6) is 0 Å². The second-order valence-corrected chi connectivity index (χ2v) is 11.3. The molecule has 1 aliphatic heterocycles. The molecule has 4 rings (SSSR count). The second-order valence-electron chi connectivity index (χ2n) is 11.3. The van der Waals surface area contributed by atoms with Gasteiger partial charge in [-0.2, -0.15) is 5.10 Å². The summed E-state index contributed by atoms with van der Waals surface area (Å²) in [6.45, 7) is 9.87. The second kappa shape index (κ2) is 13.2. The Kier molecular flexibility index (Phi) is 9.65. The van der Waals surface area contributed by atoms with E-state index in [1.54, 1.807) is 6.07 Å². The van der Waals surface area contributed by atoms with Crippen LogP contribution in [0.15, 0.2) is 60.7 Å². The molecule has 11 heteroatoms. The average molecular weight is 593 g/mol. The third kappa shape index (κ3) is 8.07. The fourth-order valence-electron chi connectivity index (χ4n) is 4.71. The van der Waals surface area contributed by atoms with E-state index in [1.165, 1.54) is 17.2 Å². The van der Waals surface area contributed by atoms with Crippen molar-refractivity contribution in [3.63, 3.8) is 0 Å². The van der Waals surface area contributed by atoms with Gasteiger partial charge in [-0.1, -0.05) is 75.4 Å². The van der Waals surface area contributed by atoms with Gasteiger partial charge in [-0.15, -0.1) is 0 Å². The van der Waals surface area contributed by atoms with Crippen molar-refractivity contribution in [2.24, 2.45) is 0 Å². The minimum Gasteiger partial charge on any atom is -0.456 e. The fraction of sp³-hybridized carbons (Fsp3) is 0.406. The Balaban J connectivity index is 1.65. The van der Waals surface area contributed by atoms with E-state index in [2.05, 4.69) is 20.8 Å². The Hall–Kier alpha value is -4.51. The van der Waals surface area contributed by atoms with Gasteiger partial charge in [0.05, 0.1) is 18.8 Å². The van der Waals surface area contributed by atoms with Crippen LogP contribution in [-0.4, -0.2) is 64.9 Å². The van der Waals surface area contributed by atoms with Gasteiger partial charge in [-0.25, -0.2) is 4.79 Å². The summed E-state index contributed by atoms with van der Waals surface area (Å²) in [5, 5.41) is 4.69. The Morgan fingerprint density at radius 3 is 2.02 bits per heavy atom. The molecule has 2 heterocycles. The Labute approximate surface area is 250 Å². The summed E-state index contributed by atoms with van der Waals surface area (Å²) in [6, 6.07) is 19.0. The van der Waals surface area contributed by atoms with Crippen molar-refractivity contribution in [1.82, 2.24) is 9.78 Å². The molecule has 0 radical (unpaired) electrons. The van der Waals surface area contributed by atoms with Gasteiger partial charge < -0.3 is 23.7 Å². The molecule has 1 fully saturated rings. The number of aromatic nitrogens is 2. The van der Waals surface area contributed by atoms with Gasteiger partial charge in [0, 0.05) is 26.3 Å². The number of nitrogens with zero attached hydrogens (tertiary/aromatic N) is 2. The van der Waals surface area contributed by atoms with E-state index in [4.69, 9.17) is 28.8 Å². The monoisotopic (exact) mass is 592 g/mol. The molecule has 0 bridgehead atoms. The lowest BCUT2D eigenvalue weighted by molar-refractivity contribution is -0.266. The number of carbonyl (C=O) groups excluding carboxylic acids is 4. The lowest BCUT2D eigenvalue weighted by atomic mass is 9.87. The number of esters is 4. The van der Waals surface area contributed by atoms with Gasteiger partial charge in [0.1, 0.15) is 5.69 Å². The number of carbonyl (C=O) groups is 4. The maximum absolute atomic E-state index is 13.7. The molecular formula is C32H36N2O9. The average Bonchev–Trinajstić information content (AvgIpc) is 3.35. The van der Waals surface area contributed by atoms with Crippen LogP contribution in [0.4, 0.5) is 0 Å². The molecule has 0 amide bonds. The summed E-state index contributed by atoms with van der Waals surface area (Å²) >= 11 is 0. The Morgan fingerprint density at radius 1 is 0.837 bits per heavy atom. The topological polar surface area (TPSA) is 132 Å². The van der Waals surface area contributed by atoms with E-state index in [1.807, 2.05) is 54.6 Å². The van der Waals surface area contributed by atoms with E-state index in [0.717, 1.165) is 25.0 Å². The Morgan fingerprint density at radius 2 is 1.44 bits per heavy atom. The molecule has 1 aliphatic rings. The molecular weight excluding hydrogens is 556 g/mol. The highest BCUT2D eigenvalue weighted by Crippen LogP contribution is 2.28. The van der Waals surface area contributed by atoms with E-state index in [9.17, 15) is 19.2 Å². The van der Waals surface area contributed by atoms with Crippen molar-refractivity contribution in [3.05, 3.63) is 77.5 Å². The molecule has 1 saturated heterocycles. The van der Waals surface area contributed by atoms with Crippen LogP contribution in [0, 0.1) is 0 Å². The highest BCUT2D eigenvalue weighted by Gasteiger charge is 2.49. The van der Waals surface area contributed by atoms with Gasteiger partial charge in [-0.3, -0.25) is 19.1 Å². The van der Waals surface area contributed by atoms with Crippen molar-refractivity contribution in [3.8, 4) is 11.3 Å². The van der Waals surface area contributed by atoms with Crippen LogP contribution in [0.2, 0.25) is 0 Å². The summed E-state index contributed by atoms with van der Waals surface area (Å²) in [5.41, 5.74) is 3.53. The number of hydrogen-bond acceptors (Lipinski definition) is 10. The zero-order valence-corrected chi connectivity index (χ0v) is 25.1. The minimum absolute atomic E-state index is 0.0173. The quantitative estimate of drug-likeness (QED) is 0.277. The predicted molar refractivity (Wildman–Crippen MR) is 154 cm³/mol. The zero-order valence-electron chi connectivity index (χ0n) is 25.1. The largest absolute Gasteiger partial charge is 0.456 e. The number of ether oxygens (including phenoxy) is 5. The molecule has 4 atom stereocenters. The van der Waals surface area contributed by atoms with Crippen LogP contribution in [0.1, 0.15) is 63.2 Å². The highest BCUT2D eigenvalue weighted by molar-refractivity contribution is 5.89. The molecule has 3 aromatic rings. The van der Waals surface area contributed by atoms with Gasteiger partial charge in [0.15, 0.2) is 12.2 Å². The maximum atomic E-state index is 13.7. The molecule has 2 aromatic carbocycles. The smallest absolute Gasteiger partial charge is 0.359 e. The number of hydrogen-bond donors (Lipinski definition) is 0. The van der Waals surface area contributed by atoms with Gasteiger partial charge in [-0.05, 0) is 22.6 Å². The molecule has 11 nitrogen and oxygen atoms in total. The fourth-order valence-corrected chi connectivity index (χ4v) is 4.71. The molecule has 0 spiro atoms. The van der Waals surface area contributed by atoms with Gasteiger partial charge in [0.2, 0.25) is 12.4 Å². The third-order valence-electron chi connectivity index (χ3n) is 6.74. The zero-order chi connectivity index (χ0) is 31.3. The standard InChI is InChI=1S/C32H36N2O9/c1-19(35)40-27-18-39-31(29(42-21(3)37)28(27)41-20(2)36)43-30(38)26-16-25(23-10-8-7-9-11-23)33-34(26)17-22-12-14-24(15-13-22)32(4,5)6/h7-16,27-29,31H,17-18H2,1-6H3/t27-,28+,29-,31+/m1/s1. The first-order chi connectivity index (χ1) is 20.3. The van der Waals surface area contributed by atoms with E-state index >= 15 is 0 Å². The summed E-state index contributed by atoms with van der Waals surface area (Å²) in [4.78, 5) is 49.2. The van der Waals surface area contributed by atoms with Crippen molar-refractivity contribution in [1.29, 1.82) is 0 Å². The van der Waals surface area contributed by atoms with Crippen molar-refractivity contribution in [2.45, 2.75) is 78.1 Å². The van der Waals surface area contributed by atoms with E-state index in [-0.39, 0.29) is 24.3 Å². The van der Waals surface area contributed by atoms with Crippen LogP contribution in [-0.2, 0) is 50.0 Å². The first-order valence-corrected chi connectivity index (χ1v) is 13.9. The maximum Gasteiger partial charge on any atom is 0.359 e. The summed E-state index contributed by atoms with van der Waals surface area (Å²) in [6.07, 6.45) is -5.24. The lowest BCUT2D eigenvalue weighted by Gasteiger charge is -2.39. The first kappa shape index (κ1) is 31.4.